The molecule has 3 heteroatoms. The number of benzene rings is 1. The number of nitrogens with zero attached hydrogens (tertiary/aromatic N) is 2. The van der Waals surface area contributed by atoms with Gasteiger partial charge in [-0.3, -0.25) is 4.68 Å². The summed E-state index contributed by atoms with van der Waals surface area (Å²) < 4.78 is 1.95. The molecule has 1 aromatic heterocycles. The number of hydrogen-bond donors (Lipinski definition) is 1. The van der Waals surface area contributed by atoms with E-state index < -0.39 is 0 Å². The number of fused-ring (bicyclic) bond motifs is 1. The fraction of sp³-hybridized carbons (Fsp3) is 0.500. The summed E-state index contributed by atoms with van der Waals surface area (Å²) in [7, 11) is 2.00. The van der Waals surface area contributed by atoms with E-state index >= 15 is 0 Å². The van der Waals surface area contributed by atoms with Gasteiger partial charge in [-0.1, -0.05) is 38.1 Å². The normalized spacial score (nSPS) is 21.3. The lowest BCUT2D eigenvalue weighted by molar-refractivity contribution is 0.252. The van der Waals surface area contributed by atoms with Crippen molar-refractivity contribution in [3.8, 4) is 0 Å². The van der Waals surface area contributed by atoms with E-state index in [1.165, 1.54) is 22.4 Å². The second kappa shape index (κ2) is 4.99. The molecule has 1 N–H and O–H groups in total. The third-order valence-corrected chi connectivity index (χ3v) is 4.95. The molecule has 2 aromatic rings. The average Bonchev–Trinajstić information content (AvgIpc) is 2.88. The minimum absolute atomic E-state index is 0.244. The van der Waals surface area contributed by atoms with Gasteiger partial charge in [0.05, 0.1) is 6.20 Å². The summed E-state index contributed by atoms with van der Waals surface area (Å²) in [5.74, 6) is 0. The summed E-state index contributed by atoms with van der Waals surface area (Å²) in [4.78, 5) is 0. The van der Waals surface area contributed by atoms with Gasteiger partial charge in [0.25, 0.3) is 0 Å². The molecule has 0 saturated carbocycles. The van der Waals surface area contributed by atoms with E-state index in [1.807, 2.05) is 17.9 Å². The lowest BCUT2D eigenvalue weighted by Gasteiger charge is -2.31. The smallest absolute Gasteiger partial charge is 0.0540 e. The van der Waals surface area contributed by atoms with Crippen molar-refractivity contribution < 1.29 is 0 Å². The first-order valence-electron chi connectivity index (χ1n) is 7.72. The fourth-order valence-corrected chi connectivity index (χ4v) is 3.59. The molecule has 3 nitrogen and oxygen atoms in total. The van der Waals surface area contributed by atoms with Gasteiger partial charge in [-0.2, -0.15) is 5.10 Å². The van der Waals surface area contributed by atoms with Crippen LogP contribution in [-0.4, -0.2) is 9.78 Å². The largest absolute Gasteiger partial charge is 0.303 e. The van der Waals surface area contributed by atoms with Crippen LogP contribution in [0.15, 0.2) is 30.5 Å². The monoisotopic (exact) mass is 283 g/mol. The van der Waals surface area contributed by atoms with E-state index in [4.69, 9.17) is 0 Å². The minimum Gasteiger partial charge on any atom is -0.303 e. The molecule has 2 atom stereocenters. The predicted octanol–water partition coefficient (Wildman–Crippen LogP) is 3.70. The van der Waals surface area contributed by atoms with Gasteiger partial charge in [0.1, 0.15) is 0 Å². The maximum absolute atomic E-state index is 4.37. The summed E-state index contributed by atoms with van der Waals surface area (Å²) in [6.45, 7) is 9.08. The maximum atomic E-state index is 4.37. The van der Waals surface area contributed by atoms with Crippen LogP contribution in [0.2, 0.25) is 0 Å². The Hall–Kier alpha value is -1.61. The highest BCUT2D eigenvalue weighted by Gasteiger charge is 2.39. The average molecular weight is 283 g/mol. The van der Waals surface area contributed by atoms with Gasteiger partial charge >= 0.3 is 0 Å². The van der Waals surface area contributed by atoms with Crippen molar-refractivity contribution in [3.63, 3.8) is 0 Å². The Labute approximate surface area is 127 Å². The number of aryl methyl sites for hydroxylation is 1. The minimum atomic E-state index is 0.244. The van der Waals surface area contributed by atoms with Crippen LogP contribution in [0, 0.1) is 12.3 Å². The van der Waals surface area contributed by atoms with Crippen LogP contribution in [0.4, 0.5) is 0 Å². The van der Waals surface area contributed by atoms with Crippen molar-refractivity contribution in [2.75, 3.05) is 0 Å². The van der Waals surface area contributed by atoms with Crippen molar-refractivity contribution in [3.05, 3.63) is 52.8 Å². The molecule has 2 unspecified atom stereocenters. The first kappa shape index (κ1) is 14.3. The van der Waals surface area contributed by atoms with Crippen LogP contribution in [0.25, 0.3) is 0 Å². The zero-order chi connectivity index (χ0) is 15.2. The number of aromatic nitrogens is 2. The Morgan fingerprint density at radius 2 is 2.05 bits per heavy atom. The molecule has 0 spiro atoms. The first-order valence-corrected chi connectivity index (χ1v) is 7.72. The van der Waals surface area contributed by atoms with Gasteiger partial charge in [0.15, 0.2) is 0 Å². The Morgan fingerprint density at radius 3 is 2.71 bits per heavy atom. The third kappa shape index (κ3) is 2.40. The van der Waals surface area contributed by atoms with E-state index in [-0.39, 0.29) is 5.41 Å². The maximum Gasteiger partial charge on any atom is 0.0540 e. The van der Waals surface area contributed by atoms with Crippen LogP contribution < -0.4 is 5.32 Å². The van der Waals surface area contributed by atoms with Crippen molar-refractivity contribution in [1.82, 2.24) is 15.1 Å². The molecule has 112 valence electrons. The fourth-order valence-electron chi connectivity index (χ4n) is 3.59. The summed E-state index contributed by atoms with van der Waals surface area (Å²) in [5, 5.41) is 8.21. The molecule has 0 radical (unpaired) electrons. The molecular weight excluding hydrogens is 258 g/mol. The summed E-state index contributed by atoms with van der Waals surface area (Å²) >= 11 is 0. The summed E-state index contributed by atoms with van der Waals surface area (Å²) in [6, 6.07) is 9.52. The Kier molecular flexibility index (Phi) is 3.40. The highest BCUT2D eigenvalue weighted by atomic mass is 15.3. The van der Waals surface area contributed by atoms with E-state index in [0.29, 0.717) is 12.1 Å². The lowest BCUT2D eigenvalue weighted by atomic mass is 9.84. The van der Waals surface area contributed by atoms with E-state index in [9.17, 15) is 0 Å². The molecule has 21 heavy (non-hydrogen) atoms. The summed E-state index contributed by atoms with van der Waals surface area (Å²) in [5.41, 5.74) is 5.71. The van der Waals surface area contributed by atoms with Crippen LogP contribution in [-0.2, 0) is 13.5 Å². The van der Waals surface area contributed by atoms with Crippen LogP contribution in [0.1, 0.15) is 55.2 Å². The second-order valence-corrected chi connectivity index (χ2v) is 6.99. The van der Waals surface area contributed by atoms with Crippen LogP contribution >= 0.6 is 0 Å². The Balaban J connectivity index is 1.88. The first-order chi connectivity index (χ1) is 9.90. The van der Waals surface area contributed by atoms with Gasteiger partial charge in [0, 0.05) is 30.4 Å². The molecule has 1 aliphatic carbocycles. The van der Waals surface area contributed by atoms with Crippen molar-refractivity contribution >= 4 is 0 Å². The third-order valence-electron chi connectivity index (χ3n) is 4.95. The Bertz CT molecular complexity index is 654. The zero-order valence-corrected chi connectivity index (χ0v) is 13.6. The van der Waals surface area contributed by atoms with Crippen LogP contribution in [0.3, 0.4) is 0 Å². The molecule has 0 saturated heterocycles. The quantitative estimate of drug-likeness (QED) is 0.930. The molecule has 1 heterocycles. The topological polar surface area (TPSA) is 29.9 Å². The SMILES string of the molecule is Cc1c(C(C)NC2c3ccccc3CC2(C)C)cnn1C. The van der Waals surface area contributed by atoms with Gasteiger partial charge in [-0.25, -0.2) is 0 Å². The van der Waals surface area contributed by atoms with Gasteiger partial charge in [-0.05, 0) is 36.8 Å². The molecule has 0 fully saturated rings. The second-order valence-electron chi connectivity index (χ2n) is 6.99. The van der Waals surface area contributed by atoms with Gasteiger partial charge in [-0.15, -0.1) is 0 Å². The number of nitrogens with one attached hydrogen (secondary N) is 1. The number of rotatable bonds is 3. The van der Waals surface area contributed by atoms with Gasteiger partial charge < -0.3 is 5.32 Å². The van der Waals surface area contributed by atoms with Crippen LogP contribution in [0.5, 0.6) is 0 Å². The Morgan fingerprint density at radius 1 is 1.33 bits per heavy atom. The standard InChI is InChI=1S/C18H25N3/c1-12(16-11-19-21(5)13(16)2)20-17-15-9-7-6-8-14(15)10-18(17,3)4/h6-9,11-12,17,20H,10H2,1-5H3. The zero-order valence-electron chi connectivity index (χ0n) is 13.6. The van der Waals surface area contributed by atoms with Crippen molar-refractivity contribution in [1.29, 1.82) is 0 Å². The molecule has 0 amide bonds. The van der Waals surface area contributed by atoms with Crippen molar-refractivity contribution in [2.45, 2.75) is 46.2 Å². The molecule has 0 bridgehead atoms. The molecule has 0 aliphatic heterocycles. The van der Waals surface area contributed by atoms with E-state index in [1.54, 1.807) is 0 Å². The molecule has 1 aliphatic rings. The molecule has 3 rings (SSSR count). The highest BCUT2D eigenvalue weighted by molar-refractivity contribution is 5.38. The van der Waals surface area contributed by atoms with Crippen molar-refractivity contribution in [2.24, 2.45) is 12.5 Å². The molecule has 1 aromatic carbocycles. The molecular formula is C18H25N3. The lowest BCUT2D eigenvalue weighted by Crippen LogP contribution is -2.33. The predicted molar refractivity (Wildman–Crippen MR) is 86.2 cm³/mol. The van der Waals surface area contributed by atoms with E-state index in [0.717, 1.165) is 6.42 Å². The van der Waals surface area contributed by atoms with E-state index in [2.05, 4.69) is 62.4 Å². The van der Waals surface area contributed by atoms with Gasteiger partial charge in [0.2, 0.25) is 0 Å². The highest BCUT2D eigenvalue weighted by Crippen LogP contribution is 2.46. The summed E-state index contributed by atoms with van der Waals surface area (Å²) in [6.07, 6.45) is 3.13. The number of hydrogen-bond acceptors (Lipinski definition) is 2.